The van der Waals surface area contributed by atoms with Crippen molar-refractivity contribution in [2.45, 2.75) is 13.0 Å². The molecular formula is C13H13FN2O. The van der Waals surface area contributed by atoms with Gasteiger partial charge in [0.25, 0.3) is 0 Å². The molecule has 1 aromatic carbocycles. The summed E-state index contributed by atoms with van der Waals surface area (Å²) in [5.41, 5.74) is 7.75. The van der Waals surface area contributed by atoms with Crippen LogP contribution in [0, 0.1) is 12.7 Å². The molecule has 0 bridgehead atoms. The summed E-state index contributed by atoms with van der Waals surface area (Å²) in [5.74, 6) is -0.0521. The molecule has 0 aliphatic rings. The van der Waals surface area contributed by atoms with E-state index in [1.54, 1.807) is 12.3 Å². The molecule has 0 radical (unpaired) electrons. The number of hydrogen-bond acceptors (Lipinski definition) is 3. The number of nitrogens with zero attached hydrogens (tertiary/aromatic N) is 1. The van der Waals surface area contributed by atoms with Crippen molar-refractivity contribution in [3.63, 3.8) is 0 Å². The molecule has 17 heavy (non-hydrogen) atoms. The third kappa shape index (κ3) is 2.42. The second kappa shape index (κ2) is 4.51. The maximum atomic E-state index is 12.8. The van der Waals surface area contributed by atoms with E-state index >= 15 is 0 Å². The highest BCUT2D eigenvalue weighted by Gasteiger charge is 2.14. The van der Waals surface area contributed by atoms with Gasteiger partial charge in [0.05, 0.1) is 0 Å². The van der Waals surface area contributed by atoms with Crippen molar-refractivity contribution in [2.75, 3.05) is 5.73 Å². The first kappa shape index (κ1) is 11.5. The summed E-state index contributed by atoms with van der Waals surface area (Å²) in [6, 6.07) is 7.44. The first-order chi connectivity index (χ1) is 8.08. The Labute approximate surface area is 98.7 Å². The van der Waals surface area contributed by atoms with Crippen molar-refractivity contribution in [1.29, 1.82) is 0 Å². The van der Waals surface area contributed by atoms with E-state index in [1.807, 2.05) is 6.92 Å². The van der Waals surface area contributed by atoms with Crippen LogP contribution in [0.25, 0.3) is 0 Å². The lowest BCUT2D eigenvalue weighted by atomic mass is 10.0. The second-order valence-corrected chi connectivity index (χ2v) is 3.94. The molecule has 2 rings (SSSR count). The average molecular weight is 232 g/mol. The van der Waals surface area contributed by atoms with Crippen LogP contribution < -0.4 is 5.73 Å². The topological polar surface area (TPSA) is 59.1 Å². The highest BCUT2D eigenvalue weighted by molar-refractivity contribution is 5.45. The molecule has 0 saturated carbocycles. The minimum Gasteiger partial charge on any atom is -0.384 e. The number of nitrogens with two attached hydrogens (primary N) is 1. The fraction of sp³-hybridized carbons (Fsp3) is 0.154. The van der Waals surface area contributed by atoms with Crippen LogP contribution in [0.4, 0.5) is 10.2 Å². The van der Waals surface area contributed by atoms with Crippen molar-refractivity contribution in [3.8, 4) is 0 Å². The molecule has 1 atom stereocenters. The molecule has 0 aliphatic heterocycles. The number of aryl methyl sites for hydroxylation is 1. The quantitative estimate of drug-likeness (QED) is 0.834. The van der Waals surface area contributed by atoms with E-state index in [-0.39, 0.29) is 11.6 Å². The fourth-order valence-electron chi connectivity index (χ4n) is 1.65. The highest BCUT2D eigenvalue weighted by atomic mass is 19.1. The SMILES string of the molecule is Cc1cnc(N)c(C(O)c2ccc(F)cc2)c1. The Hall–Kier alpha value is -1.94. The normalized spacial score (nSPS) is 12.4. The van der Waals surface area contributed by atoms with Gasteiger partial charge in [-0.25, -0.2) is 9.37 Å². The zero-order valence-electron chi connectivity index (χ0n) is 9.39. The van der Waals surface area contributed by atoms with E-state index in [4.69, 9.17) is 5.73 Å². The maximum Gasteiger partial charge on any atom is 0.129 e. The van der Waals surface area contributed by atoms with Crippen LogP contribution in [0.3, 0.4) is 0 Å². The van der Waals surface area contributed by atoms with Crippen molar-refractivity contribution < 1.29 is 9.50 Å². The first-order valence-electron chi connectivity index (χ1n) is 5.23. The molecule has 1 heterocycles. The molecule has 0 fully saturated rings. The minimum atomic E-state index is -0.886. The van der Waals surface area contributed by atoms with Crippen LogP contribution in [-0.4, -0.2) is 10.1 Å². The van der Waals surface area contributed by atoms with Crippen LogP contribution in [0.2, 0.25) is 0 Å². The van der Waals surface area contributed by atoms with Crippen LogP contribution in [0.15, 0.2) is 36.5 Å². The summed E-state index contributed by atoms with van der Waals surface area (Å²) in [5, 5.41) is 10.1. The molecule has 3 nitrogen and oxygen atoms in total. The van der Waals surface area contributed by atoms with E-state index in [2.05, 4.69) is 4.98 Å². The van der Waals surface area contributed by atoms with E-state index in [1.165, 1.54) is 24.3 Å². The molecule has 0 amide bonds. The summed E-state index contributed by atoms with van der Waals surface area (Å²) in [4.78, 5) is 3.99. The Morgan fingerprint density at radius 1 is 1.29 bits per heavy atom. The van der Waals surface area contributed by atoms with Crippen LogP contribution >= 0.6 is 0 Å². The Morgan fingerprint density at radius 3 is 2.59 bits per heavy atom. The van der Waals surface area contributed by atoms with Gasteiger partial charge < -0.3 is 10.8 Å². The molecule has 1 aromatic heterocycles. The van der Waals surface area contributed by atoms with Gasteiger partial charge in [0.2, 0.25) is 0 Å². The highest BCUT2D eigenvalue weighted by Crippen LogP contribution is 2.26. The number of aromatic nitrogens is 1. The molecule has 3 N–H and O–H groups in total. The summed E-state index contributed by atoms with van der Waals surface area (Å²) in [6.07, 6.45) is 0.749. The van der Waals surface area contributed by atoms with E-state index in [0.717, 1.165) is 5.56 Å². The molecule has 1 unspecified atom stereocenters. The van der Waals surface area contributed by atoms with Crippen LogP contribution in [0.1, 0.15) is 22.8 Å². The van der Waals surface area contributed by atoms with Gasteiger partial charge in [-0.1, -0.05) is 12.1 Å². The number of hydrogen-bond donors (Lipinski definition) is 2. The van der Waals surface area contributed by atoms with Gasteiger partial charge in [0, 0.05) is 11.8 Å². The van der Waals surface area contributed by atoms with Gasteiger partial charge in [0.1, 0.15) is 17.7 Å². The molecule has 0 aliphatic carbocycles. The van der Waals surface area contributed by atoms with Gasteiger partial charge in [-0.3, -0.25) is 0 Å². The minimum absolute atomic E-state index is 0.285. The zero-order chi connectivity index (χ0) is 12.4. The van der Waals surface area contributed by atoms with Gasteiger partial charge in [-0.2, -0.15) is 0 Å². The smallest absolute Gasteiger partial charge is 0.129 e. The van der Waals surface area contributed by atoms with Crippen molar-refractivity contribution in [3.05, 3.63) is 59.0 Å². The number of pyridine rings is 1. The van der Waals surface area contributed by atoms with Crippen molar-refractivity contribution in [1.82, 2.24) is 4.98 Å². The third-order valence-electron chi connectivity index (χ3n) is 2.57. The van der Waals surface area contributed by atoms with E-state index in [9.17, 15) is 9.50 Å². The zero-order valence-corrected chi connectivity index (χ0v) is 9.39. The van der Waals surface area contributed by atoms with Gasteiger partial charge in [-0.15, -0.1) is 0 Å². The molecule has 4 heteroatoms. The largest absolute Gasteiger partial charge is 0.384 e. The maximum absolute atomic E-state index is 12.8. The monoisotopic (exact) mass is 232 g/mol. The number of benzene rings is 1. The number of anilines is 1. The standard InChI is InChI=1S/C13H13FN2O/c1-8-6-11(13(15)16-7-8)12(17)9-2-4-10(14)5-3-9/h2-7,12,17H,1H3,(H2,15,16). The fourth-order valence-corrected chi connectivity index (χ4v) is 1.65. The number of nitrogen functional groups attached to an aromatic ring is 1. The Morgan fingerprint density at radius 2 is 1.94 bits per heavy atom. The number of halogens is 1. The number of rotatable bonds is 2. The predicted molar refractivity (Wildman–Crippen MR) is 63.8 cm³/mol. The van der Waals surface area contributed by atoms with E-state index < -0.39 is 6.10 Å². The number of aliphatic hydroxyl groups excluding tert-OH is 1. The third-order valence-corrected chi connectivity index (χ3v) is 2.57. The lowest BCUT2D eigenvalue weighted by Crippen LogP contribution is -2.06. The van der Waals surface area contributed by atoms with Gasteiger partial charge in [0.15, 0.2) is 0 Å². The van der Waals surface area contributed by atoms with Crippen molar-refractivity contribution >= 4 is 5.82 Å². The summed E-state index contributed by atoms with van der Waals surface area (Å²) < 4.78 is 12.8. The molecule has 0 saturated heterocycles. The second-order valence-electron chi connectivity index (χ2n) is 3.94. The number of aliphatic hydroxyl groups is 1. The van der Waals surface area contributed by atoms with Crippen LogP contribution in [-0.2, 0) is 0 Å². The molecule has 2 aromatic rings. The summed E-state index contributed by atoms with van der Waals surface area (Å²) in [6.45, 7) is 1.87. The molecule has 0 spiro atoms. The summed E-state index contributed by atoms with van der Waals surface area (Å²) >= 11 is 0. The first-order valence-corrected chi connectivity index (χ1v) is 5.23. The average Bonchev–Trinajstić information content (AvgIpc) is 2.32. The molecular weight excluding hydrogens is 219 g/mol. The Balaban J connectivity index is 2.39. The summed E-state index contributed by atoms with van der Waals surface area (Å²) in [7, 11) is 0. The van der Waals surface area contributed by atoms with Gasteiger partial charge >= 0.3 is 0 Å². The van der Waals surface area contributed by atoms with Gasteiger partial charge in [-0.05, 0) is 36.2 Å². The lowest BCUT2D eigenvalue weighted by Gasteiger charge is -2.13. The van der Waals surface area contributed by atoms with Crippen molar-refractivity contribution in [2.24, 2.45) is 0 Å². The lowest BCUT2D eigenvalue weighted by molar-refractivity contribution is 0.220. The van der Waals surface area contributed by atoms with Crippen LogP contribution in [0.5, 0.6) is 0 Å². The predicted octanol–water partition coefficient (Wildman–Crippen LogP) is 2.19. The Kier molecular flexibility index (Phi) is 3.06. The Bertz CT molecular complexity index is 525. The van der Waals surface area contributed by atoms with E-state index in [0.29, 0.717) is 11.1 Å². The molecule has 88 valence electrons.